The normalized spacial score (nSPS) is 12.2. The summed E-state index contributed by atoms with van der Waals surface area (Å²) in [5, 5.41) is 0. The first kappa shape index (κ1) is 14.7. The number of carbonyl (C=O) groups excluding carboxylic acids is 1. The lowest BCUT2D eigenvalue weighted by Gasteiger charge is -2.06. The Hall–Kier alpha value is -2.25. The maximum Gasteiger partial charge on any atom is 0.347 e. The van der Waals surface area contributed by atoms with Gasteiger partial charge in [0.2, 0.25) is 0 Å². The van der Waals surface area contributed by atoms with E-state index in [1.54, 1.807) is 12.1 Å². The van der Waals surface area contributed by atoms with Crippen LogP contribution in [0, 0.1) is 0 Å². The number of fused-ring (bicyclic) bond motifs is 1. The van der Waals surface area contributed by atoms with E-state index in [9.17, 15) is 4.79 Å². The van der Waals surface area contributed by atoms with Crippen LogP contribution in [0.4, 0.5) is 0 Å². The van der Waals surface area contributed by atoms with Gasteiger partial charge in [-0.25, -0.2) is 9.78 Å². The molecular formula is C15H12N2O3S2. The van der Waals surface area contributed by atoms with Gasteiger partial charge >= 0.3 is 5.97 Å². The summed E-state index contributed by atoms with van der Waals surface area (Å²) in [5.74, 6) is -0.0906. The van der Waals surface area contributed by atoms with Gasteiger partial charge in [0, 0.05) is 0 Å². The summed E-state index contributed by atoms with van der Waals surface area (Å²) in [6, 6.07) is 11.2. The van der Waals surface area contributed by atoms with Gasteiger partial charge in [-0.3, -0.25) is 0 Å². The number of aromatic nitrogens is 1. The fourth-order valence-electron chi connectivity index (χ4n) is 1.83. The van der Waals surface area contributed by atoms with Crippen molar-refractivity contribution in [1.82, 2.24) is 4.98 Å². The lowest BCUT2D eigenvalue weighted by Crippen LogP contribution is -2.09. The average Bonchev–Trinajstić information content (AvgIpc) is 3.19. The van der Waals surface area contributed by atoms with Crippen LogP contribution in [0.15, 0.2) is 56.3 Å². The predicted molar refractivity (Wildman–Crippen MR) is 87.3 cm³/mol. The summed E-state index contributed by atoms with van der Waals surface area (Å²) in [4.78, 5) is 16.8. The molecule has 0 fully saturated rings. The molecule has 0 radical (unpaired) electrons. The van der Waals surface area contributed by atoms with Gasteiger partial charge in [-0.15, -0.1) is 11.3 Å². The number of hydrogen-bond acceptors (Lipinski definition) is 7. The van der Waals surface area contributed by atoms with Crippen LogP contribution in [0.5, 0.6) is 0 Å². The smallest absolute Gasteiger partial charge is 0.347 e. The number of thiazole rings is 1. The van der Waals surface area contributed by atoms with E-state index in [0.717, 1.165) is 14.6 Å². The van der Waals surface area contributed by atoms with Gasteiger partial charge < -0.3 is 14.9 Å². The second-order valence-corrected chi connectivity index (χ2v) is 6.55. The lowest BCUT2D eigenvalue weighted by atomic mass is 10.3. The molecule has 0 atom stereocenters. The fourth-order valence-corrected chi connectivity index (χ4v) is 3.90. The zero-order valence-corrected chi connectivity index (χ0v) is 13.2. The van der Waals surface area contributed by atoms with Gasteiger partial charge in [0.15, 0.2) is 10.1 Å². The van der Waals surface area contributed by atoms with Crippen LogP contribution in [0.1, 0.15) is 5.76 Å². The summed E-state index contributed by atoms with van der Waals surface area (Å²) >= 11 is 2.67. The van der Waals surface area contributed by atoms with E-state index in [2.05, 4.69) is 4.98 Å². The summed E-state index contributed by atoms with van der Waals surface area (Å²) in [5.41, 5.74) is 7.17. The van der Waals surface area contributed by atoms with Crippen molar-refractivity contribution in [2.24, 2.45) is 5.73 Å². The van der Waals surface area contributed by atoms with Crippen molar-refractivity contribution in [2.75, 3.05) is 7.11 Å². The summed E-state index contributed by atoms with van der Waals surface area (Å²) in [6.45, 7) is 0. The van der Waals surface area contributed by atoms with Crippen LogP contribution >= 0.6 is 23.1 Å². The first-order valence-electron chi connectivity index (χ1n) is 6.34. The van der Waals surface area contributed by atoms with Crippen molar-refractivity contribution in [2.45, 2.75) is 4.34 Å². The van der Waals surface area contributed by atoms with E-state index < -0.39 is 5.97 Å². The third kappa shape index (κ3) is 2.86. The minimum Gasteiger partial charge on any atom is -0.465 e. The Bertz CT molecular complexity index is 804. The Kier molecular flexibility index (Phi) is 4.17. The molecule has 3 rings (SSSR count). The highest BCUT2D eigenvalue weighted by Crippen LogP contribution is 2.36. The van der Waals surface area contributed by atoms with Crippen LogP contribution in [0.2, 0.25) is 0 Å². The largest absolute Gasteiger partial charge is 0.465 e. The molecule has 0 amide bonds. The van der Waals surface area contributed by atoms with E-state index in [0.29, 0.717) is 5.76 Å². The molecule has 22 heavy (non-hydrogen) atoms. The maximum atomic E-state index is 12.0. The zero-order valence-electron chi connectivity index (χ0n) is 11.6. The molecule has 1 aromatic carbocycles. The van der Waals surface area contributed by atoms with E-state index in [4.69, 9.17) is 14.9 Å². The Morgan fingerprint density at radius 2 is 2.14 bits per heavy atom. The molecule has 0 unspecified atom stereocenters. The van der Waals surface area contributed by atoms with E-state index in [-0.39, 0.29) is 10.6 Å². The monoisotopic (exact) mass is 332 g/mol. The molecule has 0 bridgehead atoms. The molecule has 2 N–H and O–H groups in total. The molecule has 112 valence electrons. The van der Waals surface area contributed by atoms with Gasteiger partial charge in [-0.2, -0.15) is 0 Å². The fraction of sp³-hybridized carbons (Fsp3) is 0.0667. The number of para-hydroxylation sites is 1. The molecule has 0 saturated heterocycles. The quantitative estimate of drug-likeness (QED) is 0.448. The highest BCUT2D eigenvalue weighted by molar-refractivity contribution is 8.05. The standard InChI is InChI=1S/C15H12N2O3S2/c1-19-14(18)13(12(16)10-6-4-8-20-10)22-15-17-9-5-2-3-7-11(9)21-15/h2-8H,16H2,1H3/b13-12-. The van der Waals surface area contributed by atoms with Gasteiger partial charge in [0.05, 0.1) is 29.3 Å². The molecule has 5 nitrogen and oxygen atoms in total. The minimum atomic E-state index is -0.516. The van der Waals surface area contributed by atoms with Crippen LogP contribution < -0.4 is 5.73 Å². The van der Waals surface area contributed by atoms with Crippen molar-refractivity contribution in [3.8, 4) is 0 Å². The van der Waals surface area contributed by atoms with Crippen LogP contribution in [-0.4, -0.2) is 18.1 Å². The second kappa shape index (κ2) is 6.25. The third-order valence-corrected chi connectivity index (χ3v) is 5.05. The Morgan fingerprint density at radius 3 is 2.82 bits per heavy atom. The summed E-state index contributed by atoms with van der Waals surface area (Å²) < 4.78 is 11.8. The van der Waals surface area contributed by atoms with E-state index >= 15 is 0 Å². The van der Waals surface area contributed by atoms with Gasteiger partial charge in [0.25, 0.3) is 0 Å². The van der Waals surface area contributed by atoms with Crippen LogP contribution in [-0.2, 0) is 9.53 Å². The Morgan fingerprint density at radius 1 is 1.32 bits per heavy atom. The van der Waals surface area contributed by atoms with Gasteiger partial charge in [-0.05, 0) is 36.0 Å². The van der Waals surface area contributed by atoms with Crippen molar-refractivity contribution in [3.63, 3.8) is 0 Å². The molecule has 0 spiro atoms. The highest BCUT2D eigenvalue weighted by Gasteiger charge is 2.20. The molecule has 2 aromatic heterocycles. The number of thioether (sulfide) groups is 1. The number of rotatable bonds is 4. The number of nitrogens with zero attached hydrogens (tertiary/aromatic N) is 1. The number of furan rings is 1. The minimum absolute atomic E-state index is 0.237. The van der Waals surface area contributed by atoms with E-state index in [1.165, 1.54) is 36.5 Å². The summed E-state index contributed by atoms with van der Waals surface area (Å²) in [7, 11) is 1.32. The number of nitrogens with two attached hydrogens (primary N) is 1. The number of esters is 1. The number of hydrogen-bond donors (Lipinski definition) is 1. The first-order valence-corrected chi connectivity index (χ1v) is 7.97. The highest BCUT2D eigenvalue weighted by atomic mass is 32.2. The lowest BCUT2D eigenvalue weighted by molar-refractivity contribution is -0.135. The molecule has 7 heteroatoms. The SMILES string of the molecule is COC(=O)/C(Sc1nc2ccccc2s1)=C(/N)c1ccco1. The van der Waals surface area contributed by atoms with Gasteiger partial charge in [0.1, 0.15) is 4.91 Å². The molecular weight excluding hydrogens is 320 g/mol. The predicted octanol–water partition coefficient (Wildman–Crippen LogP) is 3.48. The van der Waals surface area contributed by atoms with E-state index in [1.807, 2.05) is 24.3 Å². The first-order chi connectivity index (χ1) is 10.7. The Labute approximate surface area is 134 Å². The number of ether oxygens (including phenoxy) is 1. The summed E-state index contributed by atoms with van der Waals surface area (Å²) in [6.07, 6.45) is 1.50. The topological polar surface area (TPSA) is 78.3 Å². The van der Waals surface area contributed by atoms with Crippen molar-refractivity contribution in [3.05, 3.63) is 53.3 Å². The van der Waals surface area contributed by atoms with Crippen LogP contribution in [0.3, 0.4) is 0 Å². The number of benzene rings is 1. The average molecular weight is 332 g/mol. The molecule has 3 aromatic rings. The van der Waals surface area contributed by atoms with Crippen molar-refractivity contribution in [1.29, 1.82) is 0 Å². The number of carbonyl (C=O) groups is 1. The van der Waals surface area contributed by atoms with Crippen molar-refractivity contribution < 1.29 is 13.9 Å². The molecule has 2 heterocycles. The molecule has 0 aliphatic rings. The molecule has 0 saturated carbocycles. The number of methoxy groups -OCH3 is 1. The zero-order chi connectivity index (χ0) is 15.5. The maximum absolute atomic E-state index is 12.0. The second-order valence-electron chi connectivity index (χ2n) is 4.26. The van der Waals surface area contributed by atoms with Crippen LogP contribution in [0.25, 0.3) is 15.9 Å². The molecule has 0 aliphatic carbocycles. The molecule has 0 aliphatic heterocycles. The Balaban J connectivity index is 2.00. The third-order valence-electron chi connectivity index (χ3n) is 2.87. The van der Waals surface area contributed by atoms with Crippen molar-refractivity contribution >= 4 is 45.0 Å². The van der Waals surface area contributed by atoms with Gasteiger partial charge in [-0.1, -0.05) is 12.1 Å².